The molecule has 0 amide bonds. The second-order valence-corrected chi connectivity index (χ2v) is 18.3. The molecule has 3 heterocycles. The molecule has 0 spiro atoms. The van der Waals surface area contributed by atoms with Gasteiger partial charge in [0.2, 0.25) is 0 Å². The van der Waals surface area contributed by atoms with Crippen molar-refractivity contribution >= 4 is 14.0 Å². The summed E-state index contributed by atoms with van der Waals surface area (Å²) >= 11 is 0. The lowest BCUT2D eigenvalue weighted by Gasteiger charge is -2.40. The minimum atomic E-state index is -1.76. The molecule has 0 aromatic carbocycles. The van der Waals surface area contributed by atoms with Crippen molar-refractivity contribution in [2.75, 3.05) is 13.2 Å². The van der Waals surface area contributed by atoms with Crippen molar-refractivity contribution in [3.05, 3.63) is 35.3 Å². The van der Waals surface area contributed by atoms with Crippen molar-refractivity contribution in [1.82, 2.24) is 0 Å². The zero-order chi connectivity index (χ0) is 27.0. The number of cyclic esters (lactones) is 1. The highest BCUT2D eigenvalue weighted by molar-refractivity contribution is 6.88. The van der Waals surface area contributed by atoms with Crippen molar-refractivity contribution in [3.8, 4) is 0 Å². The Kier molecular flexibility index (Phi) is 11.7. The fraction of sp³-hybridized carbons (Fsp3) is 0.781. The quantitative estimate of drug-likeness (QED) is 0.0866. The first-order chi connectivity index (χ1) is 17.7. The van der Waals surface area contributed by atoms with Gasteiger partial charge in [0, 0.05) is 18.1 Å². The molecule has 4 nitrogen and oxygen atoms in total. The second kappa shape index (κ2) is 14.3. The van der Waals surface area contributed by atoms with Crippen LogP contribution in [0.4, 0.5) is 0 Å². The summed E-state index contributed by atoms with van der Waals surface area (Å²) in [5.74, 6) is 1.74. The summed E-state index contributed by atoms with van der Waals surface area (Å²) in [4.78, 5) is 12.6. The summed E-state index contributed by atoms with van der Waals surface area (Å²) in [6.45, 7) is 18.0. The molecular formula is C32H54O4Si. The predicted molar refractivity (Wildman–Crippen MR) is 156 cm³/mol. The Balaban J connectivity index is 1.50. The largest absolute Gasteiger partial charge is 0.424 e. The highest BCUT2D eigenvalue weighted by Gasteiger charge is 2.48. The number of allylic oxidation sites excluding steroid dienone is 3. The van der Waals surface area contributed by atoms with Gasteiger partial charge < -0.3 is 14.2 Å². The number of fused-ring (bicyclic) bond motifs is 2. The molecule has 0 aliphatic carbocycles. The molecule has 0 aromatic heterocycles. The fourth-order valence-corrected chi connectivity index (χ4v) is 12.9. The van der Waals surface area contributed by atoms with Gasteiger partial charge in [-0.15, -0.1) is 0 Å². The van der Waals surface area contributed by atoms with Crippen LogP contribution in [-0.2, 0) is 19.0 Å². The lowest BCUT2D eigenvalue weighted by Crippen LogP contribution is -2.43. The van der Waals surface area contributed by atoms with E-state index in [1.54, 1.807) is 0 Å². The maximum atomic E-state index is 12.6. The Labute approximate surface area is 228 Å². The SMILES string of the molecule is CCCCCCOCC1C2CCC(O2)C1C/C=C\CCC1=C/C(=C/[Si](C(C)C)(C(C)C)C(C)C)OC1=O. The van der Waals surface area contributed by atoms with Crippen molar-refractivity contribution in [1.29, 1.82) is 0 Å². The van der Waals surface area contributed by atoms with E-state index in [0.717, 1.165) is 43.8 Å². The maximum Gasteiger partial charge on any atom is 0.339 e. The zero-order valence-corrected chi connectivity index (χ0v) is 25.8. The van der Waals surface area contributed by atoms with E-state index >= 15 is 0 Å². The summed E-state index contributed by atoms with van der Waals surface area (Å²) in [6.07, 6.45) is 17.4. The Morgan fingerprint density at radius 2 is 1.65 bits per heavy atom. The molecule has 37 heavy (non-hydrogen) atoms. The third kappa shape index (κ3) is 7.48. The van der Waals surface area contributed by atoms with Crippen molar-refractivity contribution < 1.29 is 19.0 Å². The molecule has 0 saturated carbocycles. The highest BCUT2D eigenvalue weighted by atomic mass is 28.3. The van der Waals surface area contributed by atoms with Gasteiger partial charge in [0.25, 0.3) is 0 Å². The lowest BCUT2D eigenvalue weighted by molar-refractivity contribution is -0.133. The van der Waals surface area contributed by atoms with Gasteiger partial charge in [-0.3, -0.25) is 0 Å². The average molecular weight is 531 g/mol. The number of hydrogen-bond donors (Lipinski definition) is 0. The molecular weight excluding hydrogens is 476 g/mol. The van der Waals surface area contributed by atoms with E-state index in [4.69, 9.17) is 14.2 Å². The van der Waals surface area contributed by atoms with Gasteiger partial charge in [-0.2, -0.15) is 0 Å². The topological polar surface area (TPSA) is 44.8 Å². The second-order valence-electron chi connectivity index (χ2n) is 12.6. The normalized spacial score (nSPS) is 27.0. The molecule has 5 heteroatoms. The van der Waals surface area contributed by atoms with E-state index in [0.29, 0.717) is 40.7 Å². The van der Waals surface area contributed by atoms with Crippen molar-refractivity contribution in [2.24, 2.45) is 11.8 Å². The monoisotopic (exact) mass is 530 g/mol. The Hall–Kier alpha value is -1.17. The minimum Gasteiger partial charge on any atom is -0.424 e. The summed E-state index contributed by atoms with van der Waals surface area (Å²) in [5, 5.41) is 0. The molecule has 0 radical (unpaired) electrons. The first kappa shape index (κ1) is 30.4. The Morgan fingerprint density at radius 3 is 2.30 bits per heavy atom. The zero-order valence-electron chi connectivity index (χ0n) is 24.8. The first-order valence-corrected chi connectivity index (χ1v) is 17.5. The molecule has 3 aliphatic heterocycles. The van der Waals surface area contributed by atoms with E-state index in [2.05, 4.69) is 66.3 Å². The van der Waals surface area contributed by atoms with Crippen LogP contribution in [-0.4, -0.2) is 39.5 Å². The molecule has 4 atom stereocenters. The lowest BCUT2D eigenvalue weighted by atomic mass is 9.78. The van der Waals surface area contributed by atoms with E-state index in [9.17, 15) is 4.79 Å². The van der Waals surface area contributed by atoms with Gasteiger partial charge in [-0.1, -0.05) is 85.6 Å². The number of rotatable bonds is 16. The summed E-state index contributed by atoms with van der Waals surface area (Å²) in [7, 11) is -1.76. The van der Waals surface area contributed by atoms with Crippen LogP contribution < -0.4 is 0 Å². The smallest absolute Gasteiger partial charge is 0.339 e. The van der Waals surface area contributed by atoms with Gasteiger partial charge in [-0.05, 0) is 67.1 Å². The number of esters is 1. The average Bonchev–Trinajstić information content (AvgIpc) is 3.54. The van der Waals surface area contributed by atoms with Crippen LogP contribution in [0.15, 0.2) is 35.3 Å². The highest BCUT2D eigenvalue weighted by Crippen LogP contribution is 2.46. The van der Waals surface area contributed by atoms with Crippen LogP contribution in [0.25, 0.3) is 0 Å². The van der Waals surface area contributed by atoms with E-state index in [-0.39, 0.29) is 5.97 Å². The fourth-order valence-electron chi connectivity index (χ4n) is 7.31. The summed E-state index contributed by atoms with van der Waals surface area (Å²) < 4.78 is 18.1. The molecule has 2 bridgehead atoms. The molecule has 2 saturated heterocycles. The standard InChI is InChI=1S/C32H54O4Si/c1-8-9-10-14-19-34-21-29-28(30-17-18-31(29)36-30)16-13-11-12-15-26-20-27(35-32(26)33)22-37(23(2)3,24(4)5)25(6)7/h11,13,20,22-25,28-31H,8-10,12,14-19,21H2,1-7H3/b13-11-,27-22-. The van der Waals surface area contributed by atoms with Crippen LogP contribution in [0.2, 0.25) is 16.6 Å². The minimum absolute atomic E-state index is 0.156. The van der Waals surface area contributed by atoms with Gasteiger partial charge in [-0.25, -0.2) is 4.79 Å². The van der Waals surface area contributed by atoms with Gasteiger partial charge in [0.1, 0.15) is 5.76 Å². The molecule has 3 rings (SSSR count). The third-order valence-corrected chi connectivity index (χ3v) is 16.2. The molecule has 4 unspecified atom stereocenters. The number of ether oxygens (including phenoxy) is 3. The van der Waals surface area contributed by atoms with Crippen molar-refractivity contribution in [2.45, 2.75) is 135 Å². The van der Waals surface area contributed by atoms with Gasteiger partial charge >= 0.3 is 5.97 Å². The predicted octanol–water partition coefficient (Wildman–Crippen LogP) is 8.69. The number of carbonyl (C=O) groups is 1. The number of hydrogen-bond acceptors (Lipinski definition) is 4. The van der Waals surface area contributed by atoms with E-state index in [1.807, 2.05) is 6.08 Å². The summed E-state index contributed by atoms with van der Waals surface area (Å²) in [5.41, 5.74) is 4.99. The molecule has 0 N–H and O–H groups in total. The molecule has 2 fully saturated rings. The van der Waals surface area contributed by atoms with Gasteiger partial charge in [0.05, 0.1) is 26.9 Å². The van der Waals surface area contributed by atoms with Crippen LogP contribution in [0.1, 0.15) is 106 Å². The third-order valence-electron chi connectivity index (χ3n) is 9.38. The molecule has 3 aliphatic rings. The molecule has 210 valence electrons. The molecule has 0 aromatic rings. The Morgan fingerprint density at radius 1 is 0.973 bits per heavy atom. The summed E-state index contributed by atoms with van der Waals surface area (Å²) in [6, 6.07) is 0. The van der Waals surface area contributed by atoms with Crippen LogP contribution in [0, 0.1) is 11.8 Å². The van der Waals surface area contributed by atoms with E-state index < -0.39 is 8.07 Å². The van der Waals surface area contributed by atoms with E-state index in [1.165, 1.54) is 38.5 Å². The van der Waals surface area contributed by atoms with Crippen molar-refractivity contribution in [3.63, 3.8) is 0 Å². The van der Waals surface area contributed by atoms with Crippen LogP contribution >= 0.6 is 0 Å². The van der Waals surface area contributed by atoms with Crippen LogP contribution in [0.3, 0.4) is 0 Å². The first-order valence-electron chi connectivity index (χ1n) is 15.2. The van der Waals surface area contributed by atoms with Gasteiger partial charge in [0.15, 0.2) is 0 Å². The Bertz CT molecular complexity index is 803. The van der Waals surface area contributed by atoms with Crippen LogP contribution in [0.5, 0.6) is 0 Å². The number of unbranched alkanes of at least 4 members (excludes halogenated alkanes) is 3. The maximum absolute atomic E-state index is 12.6. The number of carbonyl (C=O) groups excluding carboxylic acids is 1.